The van der Waals surface area contributed by atoms with Crippen molar-refractivity contribution in [3.05, 3.63) is 18.7 Å². The van der Waals surface area contributed by atoms with Gasteiger partial charge in [-0.25, -0.2) is 9.78 Å². The Balaban J connectivity index is 2.39. The van der Waals surface area contributed by atoms with Gasteiger partial charge < -0.3 is 14.4 Å². The third kappa shape index (κ3) is 2.35. The van der Waals surface area contributed by atoms with Gasteiger partial charge >= 0.3 is 5.97 Å². The fourth-order valence-corrected chi connectivity index (χ4v) is 0.762. The van der Waals surface area contributed by atoms with Crippen LogP contribution in [0, 0.1) is 0 Å². The van der Waals surface area contributed by atoms with Gasteiger partial charge in [0, 0.05) is 12.4 Å². The molecule has 0 saturated heterocycles. The summed E-state index contributed by atoms with van der Waals surface area (Å²) in [5, 5.41) is 8.31. The Hall–Kier alpha value is -1.36. The van der Waals surface area contributed by atoms with Crippen molar-refractivity contribution in [3.63, 3.8) is 0 Å². The minimum absolute atomic E-state index is 0.288. The van der Waals surface area contributed by atoms with Gasteiger partial charge in [-0.2, -0.15) is 0 Å². The number of aromatic nitrogens is 2. The largest absolute Gasteiger partial charge is 0.480 e. The number of carbonyl (C=O) groups is 1. The number of imidazole rings is 1. The second-order valence-corrected chi connectivity index (χ2v) is 2.31. The summed E-state index contributed by atoms with van der Waals surface area (Å²) in [5.41, 5.74) is 0. The zero-order valence-electron chi connectivity index (χ0n) is 6.67. The molecule has 5 heteroatoms. The Morgan fingerprint density at radius 1 is 1.83 bits per heavy atom. The molecule has 0 radical (unpaired) electrons. The van der Waals surface area contributed by atoms with Crippen LogP contribution in [0.25, 0.3) is 0 Å². The zero-order valence-corrected chi connectivity index (χ0v) is 6.67. The summed E-state index contributed by atoms with van der Waals surface area (Å²) in [4.78, 5) is 13.9. The van der Waals surface area contributed by atoms with Crippen molar-refractivity contribution in [3.8, 4) is 0 Å². The third-order valence-electron chi connectivity index (χ3n) is 1.39. The van der Waals surface area contributed by atoms with Gasteiger partial charge in [-0.15, -0.1) is 0 Å². The lowest BCUT2D eigenvalue weighted by Gasteiger charge is -2.11. The normalized spacial score (nSPS) is 12.8. The number of nitrogens with zero attached hydrogens (tertiary/aromatic N) is 2. The molecule has 0 bridgehead atoms. The lowest BCUT2D eigenvalue weighted by Crippen LogP contribution is -2.13. The molecule has 5 nitrogen and oxygen atoms in total. The molecule has 0 fully saturated rings. The maximum atomic E-state index is 10.1. The SMILES string of the molecule is CC(OCC(=O)O)n1ccnc1. The lowest BCUT2D eigenvalue weighted by atomic mass is 10.6. The van der Waals surface area contributed by atoms with Gasteiger partial charge in [0.25, 0.3) is 0 Å². The van der Waals surface area contributed by atoms with Crippen LogP contribution in [0.15, 0.2) is 18.7 Å². The van der Waals surface area contributed by atoms with E-state index in [1.165, 1.54) is 0 Å². The van der Waals surface area contributed by atoms with E-state index in [0.29, 0.717) is 0 Å². The van der Waals surface area contributed by atoms with Crippen LogP contribution in [0.3, 0.4) is 0 Å². The van der Waals surface area contributed by atoms with E-state index in [-0.39, 0.29) is 12.8 Å². The van der Waals surface area contributed by atoms with Gasteiger partial charge in [0.05, 0.1) is 6.33 Å². The number of hydrogen-bond acceptors (Lipinski definition) is 3. The number of hydrogen-bond donors (Lipinski definition) is 1. The smallest absolute Gasteiger partial charge is 0.329 e. The summed E-state index contributed by atoms with van der Waals surface area (Å²) in [6.45, 7) is 1.46. The van der Waals surface area contributed by atoms with Gasteiger partial charge in [-0.3, -0.25) is 0 Å². The molecule has 1 aromatic rings. The minimum atomic E-state index is -0.970. The van der Waals surface area contributed by atoms with E-state index in [2.05, 4.69) is 4.98 Å². The van der Waals surface area contributed by atoms with Crippen molar-refractivity contribution in [2.75, 3.05) is 6.61 Å². The molecule has 0 aliphatic carbocycles. The maximum absolute atomic E-state index is 10.1. The number of aliphatic carboxylic acids is 1. The summed E-state index contributed by atoms with van der Waals surface area (Å²) in [5.74, 6) is -0.970. The predicted octanol–water partition coefficient (Wildman–Crippen LogP) is 0.503. The van der Waals surface area contributed by atoms with Crippen LogP contribution in [0.5, 0.6) is 0 Å². The van der Waals surface area contributed by atoms with Gasteiger partial charge in [0.1, 0.15) is 12.8 Å². The predicted molar refractivity (Wildman–Crippen MR) is 40.5 cm³/mol. The molecule has 66 valence electrons. The summed E-state index contributed by atoms with van der Waals surface area (Å²) in [6.07, 6.45) is 4.61. The van der Waals surface area contributed by atoms with Crippen LogP contribution < -0.4 is 0 Å². The van der Waals surface area contributed by atoms with Crippen LogP contribution in [-0.2, 0) is 9.53 Å². The Bertz CT molecular complexity index is 245. The highest BCUT2D eigenvalue weighted by molar-refractivity contribution is 5.67. The molecule has 1 rings (SSSR count). The Labute approximate surface area is 69.6 Å². The second-order valence-electron chi connectivity index (χ2n) is 2.31. The molecule has 0 aliphatic rings. The Kier molecular flexibility index (Phi) is 2.82. The molecule has 1 N–H and O–H groups in total. The van der Waals surface area contributed by atoms with Crippen LogP contribution in [0.1, 0.15) is 13.2 Å². The first-order valence-corrected chi connectivity index (χ1v) is 3.51. The second kappa shape index (κ2) is 3.87. The van der Waals surface area contributed by atoms with Gasteiger partial charge in [0.2, 0.25) is 0 Å². The van der Waals surface area contributed by atoms with Gasteiger partial charge in [-0.05, 0) is 6.92 Å². The standard InChI is InChI=1S/C7H10N2O3/c1-6(12-4-7(10)11)9-3-2-8-5-9/h2-3,5-6H,4H2,1H3,(H,10,11). The molecule has 12 heavy (non-hydrogen) atoms. The summed E-state index contributed by atoms with van der Waals surface area (Å²) in [7, 11) is 0. The van der Waals surface area contributed by atoms with Gasteiger partial charge in [-0.1, -0.05) is 0 Å². The fraction of sp³-hybridized carbons (Fsp3) is 0.429. The average molecular weight is 170 g/mol. The zero-order chi connectivity index (χ0) is 8.97. The Morgan fingerprint density at radius 3 is 3.08 bits per heavy atom. The first kappa shape index (κ1) is 8.73. The maximum Gasteiger partial charge on any atom is 0.329 e. The van der Waals surface area contributed by atoms with E-state index < -0.39 is 5.97 Å². The number of rotatable bonds is 4. The third-order valence-corrected chi connectivity index (χ3v) is 1.39. The highest BCUT2D eigenvalue weighted by atomic mass is 16.5. The lowest BCUT2D eigenvalue weighted by molar-refractivity contribution is -0.145. The highest BCUT2D eigenvalue weighted by Crippen LogP contribution is 2.04. The molecular weight excluding hydrogens is 160 g/mol. The summed E-state index contributed by atoms with van der Waals surface area (Å²) in [6, 6.07) is 0. The molecule has 0 spiro atoms. The fourth-order valence-electron chi connectivity index (χ4n) is 0.762. The van der Waals surface area contributed by atoms with Crippen LogP contribution in [0.4, 0.5) is 0 Å². The van der Waals surface area contributed by atoms with Crippen molar-refractivity contribution in [1.29, 1.82) is 0 Å². The molecule has 1 heterocycles. The monoisotopic (exact) mass is 170 g/mol. The average Bonchev–Trinajstić information content (AvgIpc) is 2.51. The summed E-state index contributed by atoms with van der Waals surface area (Å²) >= 11 is 0. The molecule has 1 unspecified atom stereocenters. The van der Waals surface area contributed by atoms with E-state index in [1.54, 1.807) is 30.2 Å². The van der Waals surface area contributed by atoms with Crippen molar-refractivity contribution in [1.82, 2.24) is 9.55 Å². The van der Waals surface area contributed by atoms with E-state index in [4.69, 9.17) is 9.84 Å². The molecule has 1 aromatic heterocycles. The van der Waals surface area contributed by atoms with E-state index in [0.717, 1.165) is 0 Å². The van der Waals surface area contributed by atoms with Crippen LogP contribution in [-0.4, -0.2) is 27.2 Å². The first-order valence-electron chi connectivity index (χ1n) is 3.51. The summed E-state index contributed by atoms with van der Waals surface area (Å²) < 4.78 is 6.65. The number of carboxylic acid groups (broad SMARTS) is 1. The molecule has 0 aliphatic heterocycles. The van der Waals surface area contributed by atoms with E-state index in [1.807, 2.05) is 0 Å². The first-order chi connectivity index (χ1) is 5.70. The van der Waals surface area contributed by atoms with Crippen molar-refractivity contribution < 1.29 is 14.6 Å². The van der Waals surface area contributed by atoms with Crippen LogP contribution in [0.2, 0.25) is 0 Å². The van der Waals surface area contributed by atoms with Crippen molar-refractivity contribution >= 4 is 5.97 Å². The molecule has 0 amide bonds. The number of carboxylic acids is 1. The molecule has 0 saturated carbocycles. The quantitative estimate of drug-likeness (QED) is 0.714. The number of ether oxygens (including phenoxy) is 1. The van der Waals surface area contributed by atoms with Gasteiger partial charge in [0.15, 0.2) is 0 Å². The van der Waals surface area contributed by atoms with Crippen molar-refractivity contribution in [2.45, 2.75) is 13.2 Å². The van der Waals surface area contributed by atoms with Crippen molar-refractivity contribution in [2.24, 2.45) is 0 Å². The minimum Gasteiger partial charge on any atom is -0.480 e. The van der Waals surface area contributed by atoms with E-state index >= 15 is 0 Å². The molecule has 1 atom stereocenters. The molecular formula is C7H10N2O3. The molecule has 0 aromatic carbocycles. The van der Waals surface area contributed by atoms with Crippen LogP contribution >= 0.6 is 0 Å². The highest BCUT2D eigenvalue weighted by Gasteiger charge is 2.05. The Morgan fingerprint density at radius 2 is 2.58 bits per heavy atom. The van der Waals surface area contributed by atoms with E-state index in [9.17, 15) is 4.79 Å². The topological polar surface area (TPSA) is 64.3 Å².